The Kier molecular flexibility index (Phi) is 5.18. The maximum absolute atomic E-state index is 5.73. The number of nitrogens with zero attached hydrogens (tertiary/aromatic N) is 2. The molecule has 0 unspecified atom stereocenters. The second-order valence-electron chi connectivity index (χ2n) is 4.04. The number of rotatable bonds is 3. The first-order chi connectivity index (χ1) is 7.24. The first-order valence-electron chi connectivity index (χ1n) is 5.38. The monoisotopic (exact) mass is 247 g/mol. The van der Waals surface area contributed by atoms with E-state index in [9.17, 15) is 0 Å². The molecule has 0 aliphatic carbocycles. The number of ether oxygens (including phenoxy) is 1. The van der Waals surface area contributed by atoms with E-state index >= 15 is 0 Å². The van der Waals surface area contributed by atoms with Crippen molar-refractivity contribution in [2.24, 2.45) is 0 Å². The molecule has 1 fully saturated rings. The fourth-order valence-corrected chi connectivity index (χ4v) is 1.83. The fourth-order valence-electron chi connectivity index (χ4n) is 1.83. The fraction of sp³-hybridized carbons (Fsp3) is 0.800. The summed E-state index contributed by atoms with van der Waals surface area (Å²) in [5, 5.41) is 7.18. The minimum atomic E-state index is 0. The van der Waals surface area contributed by atoms with Crippen LogP contribution in [0.4, 0.5) is 0 Å². The van der Waals surface area contributed by atoms with Crippen LogP contribution in [0.2, 0.25) is 0 Å². The lowest BCUT2D eigenvalue weighted by Crippen LogP contribution is -2.39. The van der Waals surface area contributed by atoms with Gasteiger partial charge >= 0.3 is 0 Å². The van der Waals surface area contributed by atoms with Crippen LogP contribution >= 0.6 is 12.4 Å². The van der Waals surface area contributed by atoms with Crippen molar-refractivity contribution in [2.75, 3.05) is 6.54 Å². The predicted octanol–water partition coefficient (Wildman–Crippen LogP) is 1.46. The molecule has 0 bridgehead atoms. The molecule has 2 rings (SSSR count). The van der Waals surface area contributed by atoms with Crippen LogP contribution in [0.5, 0.6) is 0 Å². The molecule has 6 heteroatoms. The van der Waals surface area contributed by atoms with Gasteiger partial charge in [-0.1, -0.05) is 5.16 Å². The Morgan fingerprint density at radius 1 is 1.56 bits per heavy atom. The zero-order valence-electron chi connectivity index (χ0n) is 9.60. The molecule has 92 valence electrons. The highest BCUT2D eigenvalue weighted by Gasteiger charge is 2.19. The molecule has 0 aromatic carbocycles. The van der Waals surface area contributed by atoms with Crippen LogP contribution in [0, 0.1) is 6.92 Å². The van der Waals surface area contributed by atoms with Gasteiger partial charge in [-0.15, -0.1) is 12.4 Å². The van der Waals surface area contributed by atoms with Crippen molar-refractivity contribution in [3.63, 3.8) is 0 Å². The van der Waals surface area contributed by atoms with Gasteiger partial charge < -0.3 is 14.6 Å². The average Bonchev–Trinajstić information content (AvgIpc) is 2.62. The average molecular weight is 248 g/mol. The van der Waals surface area contributed by atoms with Crippen LogP contribution in [0.25, 0.3) is 0 Å². The largest absolute Gasteiger partial charge is 0.370 e. The number of halogens is 1. The minimum Gasteiger partial charge on any atom is -0.370 e. The van der Waals surface area contributed by atoms with Crippen molar-refractivity contribution >= 4 is 12.4 Å². The van der Waals surface area contributed by atoms with Gasteiger partial charge in [-0.05, 0) is 26.3 Å². The number of hydrogen-bond acceptors (Lipinski definition) is 5. The molecule has 0 radical (unpaired) electrons. The summed E-state index contributed by atoms with van der Waals surface area (Å²) in [6, 6.07) is 0.538. The van der Waals surface area contributed by atoms with Crippen molar-refractivity contribution in [3.05, 3.63) is 11.7 Å². The van der Waals surface area contributed by atoms with Gasteiger partial charge in [0, 0.05) is 13.0 Å². The molecular weight excluding hydrogens is 230 g/mol. The van der Waals surface area contributed by atoms with Crippen molar-refractivity contribution in [1.82, 2.24) is 15.5 Å². The number of nitrogens with one attached hydrogen (secondary N) is 1. The van der Waals surface area contributed by atoms with E-state index < -0.39 is 0 Å². The molecule has 0 amide bonds. The SMILES string of the molecule is Cc1nc(CO[C@H]2CCN[C@@H](C)C2)no1.Cl. The highest BCUT2D eigenvalue weighted by molar-refractivity contribution is 5.85. The summed E-state index contributed by atoms with van der Waals surface area (Å²) in [5.74, 6) is 1.23. The van der Waals surface area contributed by atoms with Crippen LogP contribution < -0.4 is 5.32 Å². The maximum Gasteiger partial charge on any atom is 0.223 e. The van der Waals surface area contributed by atoms with E-state index in [4.69, 9.17) is 9.26 Å². The standard InChI is InChI=1S/C10H17N3O2.ClH/c1-7-5-9(3-4-11-7)14-6-10-12-8(2)15-13-10;/h7,9,11H,3-6H2,1-2H3;1H/t7-,9-;/m0./s1. The molecule has 1 N–H and O–H groups in total. The second kappa shape index (κ2) is 6.18. The van der Waals surface area contributed by atoms with Gasteiger partial charge in [0.2, 0.25) is 5.89 Å². The topological polar surface area (TPSA) is 60.2 Å². The van der Waals surface area contributed by atoms with Gasteiger partial charge in [0.15, 0.2) is 5.82 Å². The molecule has 2 heterocycles. The summed E-state index contributed by atoms with van der Waals surface area (Å²) in [6.07, 6.45) is 2.43. The smallest absolute Gasteiger partial charge is 0.223 e. The summed E-state index contributed by atoms with van der Waals surface area (Å²) < 4.78 is 10.6. The molecule has 1 aliphatic rings. The van der Waals surface area contributed by atoms with Crippen molar-refractivity contribution < 1.29 is 9.26 Å². The van der Waals surface area contributed by atoms with Crippen LogP contribution in [0.15, 0.2) is 4.52 Å². The van der Waals surface area contributed by atoms with Crippen LogP contribution in [-0.4, -0.2) is 28.8 Å². The number of aryl methyl sites for hydroxylation is 1. The lowest BCUT2D eigenvalue weighted by atomic mass is 10.0. The quantitative estimate of drug-likeness (QED) is 0.876. The second-order valence-corrected chi connectivity index (χ2v) is 4.04. The third-order valence-electron chi connectivity index (χ3n) is 2.59. The van der Waals surface area contributed by atoms with Gasteiger partial charge in [-0.3, -0.25) is 0 Å². The number of hydrogen-bond donors (Lipinski definition) is 1. The Bertz CT molecular complexity index is 319. The first-order valence-corrected chi connectivity index (χ1v) is 5.38. The summed E-state index contributed by atoms with van der Waals surface area (Å²) in [4.78, 5) is 4.10. The number of aromatic nitrogens is 2. The molecule has 1 aromatic heterocycles. The third-order valence-corrected chi connectivity index (χ3v) is 2.59. The van der Waals surface area contributed by atoms with E-state index in [1.807, 2.05) is 0 Å². The molecule has 0 saturated carbocycles. The molecule has 16 heavy (non-hydrogen) atoms. The van der Waals surface area contributed by atoms with Crippen molar-refractivity contribution in [1.29, 1.82) is 0 Å². The van der Waals surface area contributed by atoms with Crippen LogP contribution in [0.3, 0.4) is 0 Å². The maximum atomic E-state index is 5.73. The van der Waals surface area contributed by atoms with Gasteiger partial charge in [0.05, 0.1) is 6.10 Å². The molecule has 0 spiro atoms. The van der Waals surface area contributed by atoms with Crippen molar-refractivity contribution in [3.8, 4) is 0 Å². The first kappa shape index (κ1) is 13.4. The molecular formula is C10H18ClN3O2. The number of piperidine rings is 1. The summed E-state index contributed by atoms with van der Waals surface area (Å²) in [7, 11) is 0. The van der Waals surface area contributed by atoms with Gasteiger partial charge in [0.1, 0.15) is 6.61 Å². The molecule has 5 nitrogen and oxygen atoms in total. The molecule has 1 saturated heterocycles. The molecule has 1 aromatic rings. The van der Waals surface area contributed by atoms with E-state index in [0.717, 1.165) is 19.4 Å². The predicted molar refractivity (Wildman–Crippen MR) is 61.6 cm³/mol. The van der Waals surface area contributed by atoms with Crippen LogP contribution in [0.1, 0.15) is 31.5 Å². The molecule has 1 aliphatic heterocycles. The minimum absolute atomic E-state index is 0. The van der Waals surface area contributed by atoms with E-state index in [1.165, 1.54) is 0 Å². The van der Waals surface area contributed by atoms with Gasteiger partial charge in [0.25, 0.3) is 0 Å². The highest BCUT2D eigenvalue weighted by Crippen LogP contribution is 2.13. The summed E-state index contributed by atoms with van der Waals surface area (Å²) in [5.41, 5.74) is 0. The summed E-state index contributed by atoms with van der Waals surface area (Å²) >= 11 is 0. The van der Waals surface area contributed by atoms with Gasteiger partial charge in [-0.25, -0.2) is 0 Å². The van der Waals surface area contributed by atoms with E-state index in [-0.39, 0.29) is 12.4 Å². The highest BCUT2D eigenvalue weighted by atomic mass is 35.5. The van der Waals surface area contributed by atoms with Crippen LogP contribution in [-0.2, 0) is 11.3 Å². The zero-order chi connectivity index (χ0) is 10.7. The van der Waals surface area contributed by atoms with Crippen molar-refractivity contribution in [2.45, 2.75) is 45.4 Å². The lowest BCUT2D eigenvalue weighted by Gasteiger charge is -2.27. The Labute approximate surface area is 101 Å². The third kappa shape index (κ3) is 3.73. The van der Waals surface area contributed by atoms with Gasteiger partial charge in [-0.2, -0.15) is 4.98 Å². The van der Waals surface area contributed by atoms with E-state index in [2.05, 4.69) is 22.4 Å². The molecule has 2 atom stereocenters. The lowest BCUT2D eigenvalue weighted by molar-refractivity contribution is 0.00870. The van der Waals surface area contributed by atoms with E-state index in [0.29, 0.717) is 30.5 Å². The zero-order valence-corrected chi connectivity index (χ0v) is 10.4. The Morgan fingerprint density at radius 3 is 3.00 bits per heavy atom. The Morgan fingerprint density at radius 2 is 2.38 bits per heavy atom. The van der Waals surface area contributed by atoms with E-state index in [1.54, 1.807) is 6.92 Å². The summed E-state index contributed by atoms with van der Waals surface area (Å²) in [6.45, 7) is 5.43. The Hall–Kier alpha value is -0.650. The normalized spacial score (nSPS) is 25.1. The Balaban J connectivity index is 0.00000128.